The van der Waals surface area contributed by atoms with Gasteiger partial charge in [0.15, 0.2) is 0 Å². The number of likely N-dealkylation sites (tertiary alicyclic amines) is 1. The monoisotopic (exact) mass is 533 g/mol. The predicted octanol–water partition coefficient (Wildman–Crippen LogP) is 3.18. The Bertz CT molecular complexity index is 1340. The summed E-state index contributed by atoms with van der Waals surface area (Å²) in [5.74, 6) is 1.13. The standard InChI is InChI=1S/C28H35N7O4/c1-37-12-7-30-23-16-25(33-27-26(23)20(17-29)18-31-27)32-22-4-3-19(15-24(22)38-2)28(36)35-8-5-21(6-9-35)34-10-13-39-14-11-34/h3-4,15-16,18,21H,5-14H2,1-2H3,(H3,30,31,32,33). The van der Waals surface area contributed by atoms with Gasteiger partial charge < -0.3 is 34.7 Å². The highest BCUT2D eigenvalue weighted by Crippen LogP contribution is 2.33. The molecule has 0 aliphatic carbocycles. The van der Waals surface area contributed by atoms with Crippen molar-refractivity contribution >= 4 is 34.1 Å². The van der Waals surface area contributed by atoms with Gasteiger partial charge in [-0.1, -0.05) is 0 Å². The fourth-order valence-corrected chi connectivity index (χ4v) is 5.34. The highest BCUT2D eigenvalue weighted by molar-refractivity contribution is 5.97. The summed E-state index contributed by atoms with van der Waals surface area (Å²) in [6.45, 7) is 6.11. The third kappa shape index (κ3) is 5.93. The topological polar surface area (TPSA) is 128 Å². The van der Waals surface area contributed by atoms with E-state index in [4.69, 9.17) is 14.2 Å². The lowest BCUT2D eigenvalue weighted by Gasteiger charge is -2.40. The SMILES string of the molecule is COCCNc1cc(Nc2ccc(C(=O)N3CCC(N4CCOCC4)CC3)cc2OC)nc2[nH]cc(C#N)c12. The summed E-state index contributed by atoms with van der Waals surface area (Å²) in [7, 11) is 3.23. The molecular weight excluding hydrogens is 498 g/mol. The Kier molecular flexibility index (Phi) is 8.46. The van der Waals surface area contributed by atoms with Gasteiger partial charge in [0, 0.05) is 63.7 Å². The van der Waals surface area contributed by atoms with Gasteiger partial charge in [0.05, 0.1) is 49.3 Å². The van der Waals surface area contributed by atoms with E-state index in [0.717, 1.165) is 63.3 Å². The molecule has 0 unspecified atom stereocenters. The maximum absolute atomic E-state index is 13.3. The van der Waals surface area contributed by atoms with Crippen LogP contribution in [0.15, 0.2) is 30.5 Å². The molecular formula is C28H35N7O4. The molecule has 2 aliphatic rings. The number of aromatic nitrogens is 2. The zero-order valence-electron chi connectivity index (χ0n) is 22.5. The molecule has 11 heteroatoms. The van der Waals surface area contributed by atoms with Gasteiger partial charge in [0.1, 0.15) is 23.3 Å². The molecule has 5 rings (SSSR count). The smallest absolute Gasteiger partial charge is 0.253 e. The van der Waals surface area contributed by atoms with Crippen LogP contribution in [0.1, 0.15) is 28.8 Å². The van der Waals surface area contributed by atoms with Crippen LogP contribution in [-0.4, -0.2) is 98.5 Å². The molecule has 3 aromatic rings. The summed E-state index contributed by atoms with van der Waals surface area (Å²) >= 11 is 0. The minimum atomic E-state index is 0.0138. The molecule has 206 valence electrons. The number of nitriles is 1. The Morgan fingerprint density at radius 3 is 2.69 bits per heavy atom. The fourth-order valence-electron chi connectivity index (χ4n) is 5.34. The molecule has 4 heterocycles. The number of aromatic amines is 1. The van der Waals surface area contributed by atoms with E-state index in [1.54, 1.807) is 26.5 Å². The molecule has 2 aromatic heterocycles. The lowest BCUT2D eigenvalue weighted by atomic mass is 10.0. The van der Waals surface area contributed by atoms with Crippen molar-refractivity contribution in [2.45, 2.75) is 18.9 Å². The summed E-state index contributed by atoms with van der Waals surface area (Å²) in [5, 5.41) is 16.9. The second-order valence-corrected chi connectivity index (χ2v) is 9.72. The quantitative estimate of drug-likeness (QED) is 0.355. The van der Waals surface area contributed by atoms with Crippen LogP contribution < -0.4 is 15.4 Å². The van der Waals surface area contributed by atoms with E-state index in [2.05, 4.69) is 31.6 Å². The number of nitrogens with one attached hydrogen (secondary N) is 3. The number of hydrogen-bond acceptors (Lipinski definition) is 9. The van der Waals surface area contributed by atoms with Crippen molar-refractivity contribution < 1.29 is 19.0 Å². The summed E-state index contributed by atoms with van der Waals surface area (Å²) in [6, 6.07) is 10.0. The lowest BCUT2D eigenvalue weighted by molar-refractivity contribution is 0.00159. The van der Waals surface area contributed by atoms with Crippen LogP contribution in [0.4, 0.5) is 17.2 Å². The average Bonchev–Trinajstić information content (AvgIpc) is 3.41. The van der Waals surface area contributed by atoms with Gasteiger partial charge in [-0.3, -0.25) is 9.69 Å². The number of carbonyl (C=O) groups excluding carboxylic acids is 1. The van der Waals surface area contributed by atoms with Gasteiger partial charge in [-0.05, 0) is 31.0 Å². The van der Waals surface area contributed by atoms with Crippen LogP contribution in [0.25, 0.3) is 11.0 Å². The van der Waals surface area contributed by atoms with Crippen LogP contribution in [0.3, 0.4) is 0 Å². The molecule has 1 amide bonds. The Morgan fingerprint density at radius 1 is 1.18 bits per heavy atom. The van der Waals surface area contributed by atoms with Crippen molar-refractivity contribution in [3.63, 3.8) is 0 Å². The maximum atomic E-state index is 13.3. The molecule has 0 spiro atoms. The number of morpholine rings is 1. The molecule has 2 aliphatic heterocycles. The highest BCUT2D eigenvalue weighted by Gasteiger charge is 2.28. The number of ether oxygens (including phenoxy) is 3. The molecule has 3 N–H and O–H groups in total. The molecule has 0 bridgehead atoms. The van der Waals surface area contributed by atoms with Crippen LogP contribution >= 0.6 is 0 Å². The van der Waals surface area contributed by atoms with Gasteiger partial charge in [0.25, 0.3) is 5.91 Å². The highest BCUT2D eigenvalue weighted by atomic mass is 16.5. The number of carbonyl (C=O) groups is 1. The number of piperidine rings is 1. The van der Waals surface area contributed by atoms with E-state index in [-0.39, 0.29) is 5.91 Å². The van der Waals surface area contributed by atoms with Crippen LogP contribution in [-0.2, 0) is 9.47 Å². The zero-order valence-corrected chi connectivity index (χ0v) is 22.5. The maximum Gasteiger partial charge on any atom is 0.253 e. The zero-order chi connectivity index (χ0) is 27.2. The first-order valence-electron chi connectivity index (χ1n) is 13.3. The van der Waals surface area contributed by atoms with E-state index < -0.39 is 0 Å². The summed E-state index contributed by atoms with van der Waals surface area (Å²) in [5.41, 5.74) is 3.14. The fraction of sp³-hybridized carbons (Fsp3) is 0.464. The van der Waals surface area contributed by atoms with E-state index in [0.29, 0.717) is 53.2 Å². The molecule has 39 heavy (non-hydrogen) atoms. The Labute approximate surface area is 228 Å². The van der Waals surface area contributed by atoms with Crippen molar-refractivity contribution in [1.29, 1.82) is 5.26 Å². The number of hydrogen-bond donors (Lipinski definition) is 3. The number of nitrogens with zero attached hydrogens (tertiary/aromatic N) is 4. The summed E-state index contributed by atoms with van der Waals surface area (Å²) in [6.07, 6.45) is 3.60. The Morgan fingerprint density at radius 2 is 1.97 bits per heavy atom. The third-order valence-corrected chi connectivity index (χ3v) is 7.41. The number of fused-ring (bicyclic) bond motifs is 1. The van der Waals surface area contributed by atoms with Gasteiger partial charge in [-0.2, -0.15) is 5.26 Å². The average molecular weight is 534 g/mol. The number of benzene rings is 1. The van der Waals surface area contributed by atoms with Crippen molar-refractivity contribution in [2.75, 3.05) is 77.4 Å². The largest absolute Gasteiger partial charge is 0.495 e. The molecule has 11 nitrogen and oxygen atoms in total. The van der Waals surface area contributed by atoms with Crippen molar-refractivity contribution in [3.8, 4) is 11.8 Å². The lowest BCUT2D eigenvalue weighted by Crippen LogP contribution is -2.50. The van der Waals surface area contributed by atoms with Crippen LogP contribution in [0.2, 0.25) is 0 Å². The van der Waals surface area contributed by atoms with Crippen LogP contribution in [0, 0.1) is 11.3 Å². The second-order valence-electron chi connectivity index (χ2n) is 9.72. The first-order valence-corrected chi connectivity index (χ1v) is 13.3. The van der Waals surface area contributed by atoms with Crippen molar-refractivity contribution in [1.82, 2.24) is 19.8 Å². The van der Waals surface area contributed by atoms with E-state index in [9.17, 15) is 10.1 Å². The molecule has 1 aromatic carbocycles. The summed E-state index contributed by atoms with van der Waals surface area (Å²) in [4.78, 5) is 25.5. The van der Waals surface area contributed by atoms with E-state index in [1.807, 2.05) is 23.1 Å². The minimum absolute atomic E-state index is 0.0138. The number of anilines is 3. The molecule has 2 saturated heterocycles. The van der Waals surface area contributed by atoms with Gasteiger partial charge in [-0.15, -0.1) is 0 Å². The van der Waals surface area contributed by atoms with Gasteiger partial charge in [0.2, 0.25) is 0 Å². The first-order chi connectivity index (χ1) is 19.1. The van der Waals surface area contributed by atoms with Crippen molar-refractivity contribution in [2.24, 2.45) is 0 Å². The van der Waals surface area contributed by atoms with Gasteiger partial charge >= 0.3 is 0 Å². The summed E-state index contributed by atoms with van der Waals surface area (Å²) < 4.78 is 16.3. The molecule has 2 fully saturated rings. The number of pyridine rings is 1. The molecule has 0 atom stereocenters. The number of amides is 1. The normalized spacial score (nSPS) is 16.7. The Hall–Kier alpha value is -3.85. The minimum Gasteiger partial charge on any atom is -0.495 e. The van der Waals surface area contributed by atoms with E-state index >= 15 is 0 Å². The van der Waals surface area contributed by atoms with E-state index in [1.165, 1.54) is 0 Å². The van der Waals surface area contributed by atoms with Gasteiger partial charge in [-0.25, -0.2) is 4.98 Å². The number of methoxy groups -OCH3 is 2. The second kappa shape index (κ2) is 12.3. The third-order valence-electron chi connectivity index (χ3n) is 7.41. The number of H-pyrrole nitrogens is 1. The number of rotatable bonds is 9. The van der Waals surface area contributed by atoms with Crippen molar-refractivity contribution in [3.05, 3.63) is 41.6 Å². The first kappa shape index (κ1) is 26.7. The molecule has 0 saturated carbocycles. The molecule has 0 radical (unpaired) electrons. The Balaban J connectivity index is 1.30. The predicted molar refractivity (Wildman–Crippen MR) is 149 cm³/mol. The van der Waals surface area contributed by atoms with Crippen LogP contribution in [0.5, 0.6) is 5.75 Å².